The van der Waals surface area contributed by atoms with E-state index in [2.05, 4.69) is 24.6 Å². The van der Waals surface area contributed by atoms with Gasteiger partial charge in [-0.15, -0.1) is 0 Å². The van der Waals surface area contributed by atoms with Crippen LogP contribution in [0.15, 0.2) is 6.07 Å². The molecule has 0 fully saturated rings. The Bertz CT molecular complexity index is 474. The van der Waals surface area contributed by atoms with Crippen LogP contribution >= 0.6 is 24.0 Å². The smallest absolute Gasteiger partial charge is 0.136 e. The van der Waals surface area contributed by atoms with Crippen molar-refractivity contribution in [2.24, 2.45) is 5.73 Å². The Kier molecular flexibility index (Phi) is 5.05. The maximum Gasteiger partial charge on any atom is 0.136 e. The van der Waals surface area contributed by atoms with E-state index < -0.39 is 0 Å². The zero-order valence-electron chi connectivity index (χ0n) is 11.5. The van der Waals surface area contributed by atoms with E-state index in [9.17, 15) is 0 Å². The SMILES string of the molecule is CSC(C)CNc1nc2c(cc1C(N)=S)CCCC2. The van der Waals surface area contributed by atoms with Crippen LogP contribution in [0, 0.1) is 0 Å². The van der Waals surface area contributed by atoms with Crippen LogP contribution in [-0.4, -0.2) is 28.0 Å². The fourth-order valence-corrected chi connectivity index (χ4v) is 2.69. The van der Waals surface area contributed by atoms with Crippen molar-refractivity contribution in [1.29, 1.82) is 0 Å². The molecule has 0 aromatic carbocycles. The number of hydrogen-bond acceptors (Lipinski definition) is 4. The van der Waals surface area contributed by atoms with Crippen LogP contribution in [0.25, 0.3) is 0 Å². The Labute approximate surface area is 124 Å². The van der Waals surface area contributed by atoms with Crippen molar-refractivity contribution < 1.29 is 0 Å². The molecule has 0 amide bonds. The van der Waals surface area contributed by atoms with E-state index >= 15 is 0 Å². The molecule has 1 aliphatic rings. The molecule has 1 aromatic heterocycles. The predicted molar refractivity (Wildman–Crippen MR) is 88.2 cm³/mol. The maximum absolute atomic E-state index is 5.83. The highest BCUT2D eigenvalue weighted by atomic mass is 32.2. The fourth-order valence-electron chi connectivity index (χ4n) is 2.28. The first kappa shape index (κ1) is 14.6. The topological polar surface area (TPSA) is 50.9 Å². The van der Waals surface area contributed by atoms with E-state index in [1.54, 1.807) is 0 Å². The third-order valence-corrected chi connectivity index (χ3v) is 4.72. The highest BCUT2D eigenvalue weighted by Crippen LogP contribution is 2.25. The van der Waals surface area contributed by atoms with Gasteiger partial charge in [0.2, 0.25) is 0 Å². The van der Waals surface area contributed by atoms with Crippen molar-refractivity contribution in [3.05, 3.63) is 22.9 Å². The minimum absolute atomic E-state index is 0.431. The molecule has 5 heteroatoms. The summed E-state index contributed by atoms with van der Waals surface area (Å²) in [6.45, 7) is 3.07. The second-order valence-electron chi connectivity index (χ2n) is 4.99. The lowest BCUT2D eigenvalue weighted by atomic mass is 9.94. The highest BCUT2D eigenvalue weighted by Gasteiger charge is 2.16. The molecule has 0 aliphatic heterocycles. The number of rotatable bonds is 5. The molecule has 1 aromatic rings. The molecule has 0 spiro atoms. The summed E-state index contributed by atoms with van der Waals surface area (Å²) in [5.74, 6) is 0.856. The summed E-state index contributed by atoms with van der Waals surface area (Å²) in [6.07, 6.45) is 6.75. The molecule has 0 saturated carbocycles. The van der Waals surface area contributed by atoms with Gasteiger partial charge >= 0.3 is 0 Å². The van der Waals surface area contributed by atoms with E-state index in [1.165, 1.54) is 24.1 Å². The Balaban J connectivity index is 2.26. The summed E-state index contributed by atoms with van der Waals surface area (Å²) in [5.41, 5.74) is 9.26. The largest absolute Gasteiger partial charge is 0.389 e. The lowest BCUT2D eigenvalue weighted by Gasteiger charge is -2.20. The van der Waals surface area contributed by atoms with Gasteiger partial charge in [0.05, 0.1) is 5.56 Å². The predicted octanol–water partition coefficient (Wildman–Crippen LogP) is 2.76. The lowest BCUT2D eigenvalue weighted by Crippen LogP contribution is -2.21. The number of nitrogens with zero attached hydrogens (tertiary/aromatic N) is 1. The number of aromatic nitrogens is 1. The summed E-state index contributed by atoms with van der Waals surface area (Å²) >= 11 is 6.99. The quantitative estimate of drug-likeness (QED) is 0.818. The molecule has 1 aliphatic carbocycles. The van der Waals surface area contributed by atoms with Gasteiger partial charge in [-0.05, 0) is 43.6 Å². The number of fused-ring (bicyclic) bond motifs is 1. The fraction of sp³-hybridized carbons (Fsp3) is 0.571. The van der Waals surface area contributed by atoms with Gasteiger partial charge < -0.3 is 11.1 Å². The number of thiocarbonyl (C=S) groups is 1. The normalized spacial score (nSPS) is 15.7. The summed E-state index contributed by atoms with van der Waals surface area (Å²) in [4.78, 5) is 5.18. The molecule has 1 atom stereocenters. The van der Waals surface area contributed by atoms with Crippen LogP contribution in [0.3, 0.4) is 0 Å². The number of nitrogens with one attached hydrogen (secondary N) is 1. The first-order chi connectivity index (χ1) is 9.11. The first-order valence-corrected chi connectivity index (χ1v) is 8.40. The molecule has 1 heterocycles. The van der Waals surface area contributed by atoms with Crippen molar-refractivity contribution in [3.63, 3.8) is 0 Å². The van der Waals surface area contributed by atoms with Gasteiger partial charge in [0, 0.05) is 17.5 Å². The van der Waals surface area contributed by atoms with Crippen molar-refractivity contribution in [3.8, 4) is 0 Å². The second kappa shape index (κ2) is 6.57. The van der Waals surface area contributed by atoms with Crippen LogP contribution in [0.5, 0.6) is 0 Å². The zero-order chi connectivity index (χ0) is 13.8. The Hall–Kier alpha value is -0.810. The standard InChI is InChI=1S/C14H21N3S2/c1-9(19-2)8-16-14-11(13(15)18)7-10-5-3-4-6-12(10)17-14/h7,9H,3-6,8H2,1-2H3,(H2,15,18)(H,16,17). The Morgan fingerprint density at radius 1 is 1.53 bits per heavy atom. The molecule has 0 saturated heterocycles. The highest BCUT2D eigenvalue weighted by molar-refractivity contribution is 7.99. The lowest BCUT2D eigenvalue weighted by molar-refractivity contribution is 0.668. The minimum atomic E-state index is 0.431. The van der Waals surface area contributed by atoms with Gasteiger partial charge in [-0.25, -0.2) is 4.98 Å². The molecular formula is C14H21N3S2. The Morgan fingerprint density at radius 2 is 2.26 bits per heavy atom. The van der Waals surface area contributed by atoms with Crippen molar-refractivity contribution in [1.82, 2.24) is 4.98 Å². The van der Waals surface area contributed by atoms with Crippen molar-refractivity contribution in [2.45, 2.75) is 37.9 Å². The monoisotopic (exact) mass is 295 g/mol. The molecule has 1 unspecified atom stereocenters. The van der Waals surface area contributed by atoms with Crippen LogP contribution < -0.4 is 11.1 Å². The summed E-state index contributed by atoms with van der Waals surface area (Å²) in [6, 6.07) is 2.13. The molecule has 3 N–H and O–H groups in total. The molecule has 0 radical (unpaired) electrons. The van der Waals surface area contributed by atoms with Gasteiger partial charge in [-0.1, -0.05) is 19.1 Å². The van der Waals surface area contributed by atoms with Gasteiger partial charge in [0.25, 0.3) is 0 Å². The van der Waals surface area contributed by atoms with Crippen LogP contribution in [-0.2, 0) is 12.8 Å². The summed E-state index contributed by atoms with van der Waals surface area (Å²) in [7, 11) is 0. The van der Waals surface area contributed by atoms with E-state index in [4.69, 9.17) is 22.9 Å². The molecular weight excluding hydrogens is 274 g/mol. The van der Waals surface area contributed by atoms with Crippen LogP contribution in [0.2, 0.25) is 0 Å². The molecule has 104 valence electrons. The van der Waals surface area contributed by atoms with E-state index in [0.29, 0.717) is 10.2 Å². The van der Waals surface area contributed by atoms with Crippen LogP contribution in [0.1, 0.15) is 36.6 Å². The summed E-state index contributed by atoms with van der Waals surface area (Å²) in [5, 5.41) is 3.93. The number of pyridine rings is 1. The zero-order valence-corrected chi connectivity index (χ0v) is 13.2. The van der Waals surface area contributed by atoms with Gasteiger partial charge in [0.15, 0.2) is 0 Å². The van der Waals surface area contributed by atoms with Crippen molar-refractivity contribution >= 4 is 34.8 Å². The minimum Gasteiger partial charge on any atom is -0.389 e. The number of anilines is 1. The number of thioether (sulfide) groups is 1. The van der Waals surface area contributed by atoms with E-state index in [1.807, 2.05) is 11.8 Å². The van der Waals surface area contributed by atoms with Gasteiger partial charge in [-0.3, -0.25) is 0 Å². The number of aryl methyl sites for hydroxylation is 2. The molecule has 0 bridgehead atoms. The average Bonchev–Trinajstić information content (AvgIpc) is 2.43. The molecule has 19 heavy (non-hydrogen) atoms. The summed E-state index contributed by atoms with van der Waals surface area (Å²) < 4.78 is 0. The molecule has 2 rings (SSSR count). The van der Waals surface area contributed by atoms with E-state index in [-0.39, 0.29) is 0 Å². The van der Waals surface area contributed by atoms with Gasteiger partial charge in [0.1, 0.15) is 10.8 Å². The van der Waals surface area contributed by atoms with Crippen LogP contribution in [0.4, 0.5) is 5.82 Å². The third-order valence-electron chi connectivity index (χ3n) is 3.53. The maximum atomic E-state index is 5.83. The number of nitrogens with two attached hydrogens (primary N) is 1. The van der Waals surface area contributed by atoms with Gasteiger partial charge in [-0.2, -0.15) is 11.8 Å². The second-order valence-corrected chi connectivity index (χ2v) is 6.70. The van der Waals surface area contributed by atoms with E-state index in [0.717, 1.165) is 30.8 Å². The molecule has 3 nitrogen and oxygen atoms in total. The average molecular weight is 295 g/mol. The Morgan fingerprint density at radius 3 is 2.95 bits per heavy atom. The third kappa shape index (κ3) is 3.60. The van der Waals surface area contributed by atoms with Crippen molar-refractivity contribution in [2.75, 3.05) is 18.1 Å². The first-order valence-electron chi connectivity index (χ1n) is 6.71. The number of hydrogen-bond donors (Lipinski definition) is 2.